The van der Waals surface area contributed by atoms with Crippen molar-refractivity contribution in [1.29, 1.82) is 0 Å². The molecule has 1 nitrogen and oxygen atoms in total. The maximum Gasteiger partial charge on any atom is 0.0717 e. The van der Waals surface area contributed by atoms with Crippen molar-refractivity contribution in [3.05, 3.63) is 65.7 Å². The molecule has 0 N–H and O–H groups in total. The minimum Gasteiger partial charge on any atom is -0.247 e. The highest BCUT2D eigenvalue weighted by atomic mass is 32.2. The highest BCUT2D eigenvalue weighted by Gasteiger charge is 2.22. The number of fused-ring (bicyclic) bond motifs is 1. The van der Waals surface area contributed by atoms with Crippen LogP contribution in [0.5, 0.6) is 0 Å². The van der Waals surface area contributed by atoms with E-state index in [4.69, 9.17) is 0 Å². The van der Waals surface area contributed by atoms with E-state index in [0.29, 0.717) is 5.25 Å². The molecule has 0 bridgehead atoms. The van der Waals surface area contributed by atoms with Crippen LogP contribution in [0.4, 0.5) is 5.69 Å². The molecular formula is C15H13NS. The Balaban J connectivity index is 2.11. The second kappa shape index (κ2) is 4.38. The van der Waals surface area contributed by atoms with Crippen molar-refractivity contribution in [3.8, 4) is 0 Å². The lowest BCUT2D eigenvalue weighted by atomic mass is 10.0. The van der Waals surface area contributed by atoms with E-state index in [0.717, 1.165) is 10.7 Å². The lowest BCUT2D eigenvalue weighted by Gasteiger charge is -2.23. The number of para-hydroxylation sites is 1. The minimum atomic E-state index is 0.380. The summed E-state index contributed by atoms with van der Waals surface area (Å²) < 4.78 is 0. The van der Waals surface area contributed by atoms with Gasteiger partial charge in [-0.1, -0.05) is 60.3 Å². The Kier molecular flexibility index (Phi) is 2.73. The average Bonchev–Trinajstić information content (AvgIpc) is 2.39. The fourth-order valence-corrected chi connectivity index (χ4v) is 3.23. The number of aliphatic imine (C=N–C) groups is 1. The summed E-state index contributed by atoms with van der Waals surface area (Å²) in [4.78, 5) is 4.60. The predicted molar refractivity (Wildman–Crippen MR) is 75.1 cm³/mol. The molecule has 0 saturated heterocycles. The molecule has 1 aliphatic rings. The first-order valence-electron chi connectivity index (χ1n) is 5.70. The first-order chi connectivity index (χ1) is 8.34. The van der Waals surface area contributed by atoms with E-state index in [9.17, 15) is 0 Å². The molecule has 0 spiro atoms. The third-order valence-electron chi connectivity index (χ3n) is 2.89. The summed E-state index contributed by atoms with van der Waals surface area (Å²) in [6, 6.07) is 19.0. The van der Waals surface area contributed by atoms with E-state index in [1.807, 2.05) is 17.8 Å². The van der Waals surface area contributed by atoms with Gasteiger partial charge in [-0.05, 0) is 24.1 Å². The Morgan fingerprint density at radius 3 is 2.47 bits per heavy atom. The quantitative estimate of drug-likeness (QED) is 0.710. The molecule has 1 heterocycles. The highest BCUT2D eigenvalue weighted by molar-refractivity contribution is 8.14. The Labute approximate surface area is 106 Å². The van der Waals surface area contributed by atoms with Crippen LogP contribution in [0.3, 0.4) is 0 Å². The van der Waals surface area contributed by atoms with Gasteiger partial charge in [-0.2, -0.15) is 0 Å². The second-order valence-corrected chi connectivity index (χ2v) is 5.40. The summed E-state index contributed by atoms with van der Waals surface area (Å²) in [5, 5.41) is 1.52. The maximum absolute atomic E-state index is 4.60. The third kappa shape index (κ3) is 2.01. The van der Waals surface area contributed by atoms with Gasteiger partial charge in [-0.25, -0.2) is 4.99 Å². The zero-order valence-corrected chi connectivity index (χ0v) is 10.4. The lowest BCUT2D eigenvalue weighted by Crippen LogP contribution is -2.04. The zero-order chi connectivity index (χ0) is 11.7. The number of hydrogen-bond donors (Lipinski definition) is 0. The SMILES string of the molecule is CC1=Nc2ccccc2C(c2ccccc2)S1. The van der Waals surface area contributed by atoms with E-state index in [1.54, 1.807) is 0 Å². The Bertz CT molecular complexity index is 560. The van der Waals surface area contributed by atoms with Crippen LogP contribution in [0, 0.1) is 0 Å². The number of nitrogens with zero attached hydrogens (tertiary/aromatic N) is 1. The third-order valence-corrected chi connectivity index (χ3v) is 4.08. The van der Waals surface area contributed by atoms with E-state index < -0.39 is 0 Å². The van der Waals surface area contributed by atoms with Gasteiger partial charge in [0.2, 0.25) is 0 Å². The molecule has 0 fully saturated rings. The van der Waals surface area contributed by atoms with Crippen molar-refractivity contribution in [1.82, 2.24) is 0 Å². The van der Waals surface area contributed by atoms with E-state index >= 15 is 0 Å². The fourth-order valence-electron chi connectivity index (χ4n) is 2.12. The lowest BCUT2D eigenvalue weighted by molar-refractivity contribution is 1.15. The van der Waals surface area contributed by atoms with E-state index in [1.165, 1.54) is 11.1 Å². The number of hydrogen-bond acceptors (Lipinski definition) is 2. The summed E-state index contributed by atoms with van der Waals surface area (Å²) in [7, 11) is 0. The minimum absolute atomic E-state index is 0.380. The normalized spacial score (nSPS) is 18.4. The summed E-state index contributed by atoms with van der Waals surface area (Å²) in [5.41, 5.74) is 3.77. The van der Waals surface area contributed by atoms with Crippen LogP contribution >= 0.6 is 11.8 Å². The van der Waals surface area contributed by atoms with Crippen LogP contribution in [-0.2, 0) is 0 Å². The zero-order valence-electron chi connectivity index (χ0n) is 9.63. The topological polar surface area (TPSA) is 12.4 Å². The van der Waals surface area contributed by atoms with Crippen LogP contribution in [0.15, 0.2) is 59.6 Å². The molecule has 1 aliphatic heterocycles. The Hall–Kier alpha value is -1.54. The van der Waals surface area contributed by atoms with Gasteiger partial charge in [-0.3, -0.25) is 0 Å². The largest absolute Gasteiger partial charge is 0.247 e. The van der Waals surface area contributed by atoms with Crippen LogP contribution in [0.2, 0.25) is 0 Å². The monoisotopic (exact) mass is 239 g/mol. The van der Waals surface area contributed by atoms with Gasteiger partial charge >= 0.3 is 0 Å². The first-order valence-corrected chi connectivity index (χ1v) is 6.58. The van der Waals surface area contributed by atoms with Gasteiger partial charge in [0.15, 0.2) is 0 Å². The fraction of sp³-hybridized carbons (Fsp3) is 0.133. The standard InChI is InChI=1S/C15H13NS/c1-11-16-14-10-6-5-9-13(14)15(17-11)12-7-3-2-4-8-12/h2-10,15H,1H3. The summed E-state index contributed by atoms with van der Waals surface area (Å²) in [5.74, 6) is 0. The van der Waals surface area contributed by atoms with Gasteiger partial charge < -0.3 is 0 Å². The van der Waals surface area contributed by atoms with Crippen molar-refractivity contribution in [3.63, 3.8) is 0 Å². The van der Waals surface area contributed by atoms with Crippen LogP contribution in [-0.4, -0.2) is 5.04 Å². The number of benzene rings is 2. The molecule has 0 amide bonds. The smallest absolute Gasteiger partial charge is 0.0717 e. The van der Waals surface area contributed by atoms with Crippen molar-refractivity contribution < 1.29 is 0 Å². The van der Waals surface area contributed by atoms with Crippen LogP contribution in [0.25, 0.3) is 0 Å². The molecule has 2 aromatic carbocycles. The van der Waals surface area contributed by atoms with E-state index in [2.05, 4.69) is 60.4 Å². The van der Waals surface area contributed by atoms with Gasteiger partial charge in [0.1, 0.15) is 0 Å². The Morgan fingerprint density at radius 2 is 1.65 bits per heavy atom. The molecule has 3 rings (SSSR count). The number of rotatable bonds is 1. The molecule has 2 aromatic rings. The van der Waals surface area contributed by atoms with Crippen LogP contribution in [0.1, 0.15) is 23.3 Å². The average molecular weight is 239 g/mol. The molecule has 2 heteroatoms. The summed E-state index contributed by atoms with van der Waals surface area (Å²) in [6.45, 7) is 2.08. The van der Waals surface area contributed by atoms with Crippen molar-refractivity contribution in [2.75, 3.05) is 0 Å². The molecule has 0 aromatic heterocycles. The van der Waals surface area contributed by atoms with Gasteiger partial charge in [0, 0.05) is 0 Å². The summed E-state index contributed by atoms with van der Waals surface area (Å²) >= 11 is 1.83. The highest BCUT2D eigenvalue weighted by Crippen LogP contribution is 2.44. The molecule has 0 saturated carbocycles. The molecule has 1 unspecified atom stereocenters. The predicted octanol–water partition coefficient (Wildman–Crippen LogP) is 4.57. The molecule has 84 valence electrons. The van der Waals surface area contributed by atoms with Gasteiger partial charge in [0.25, 0.3) is 0 Å². The van der Waals surface area contributed by atoms with E-state index in [-0.39, 0.29) is 0 Å². The van der Waals surface area contributed by atoms with Gasteiger partial charge in [0.05, 0.1) is 16.0 Å². The molecular weight excluding hydrogens is 226 g/mol. The van der Waals surface area contributed by atoms with Crippen molar-refractivity contribution in [2.45, 2.75) is 12.2 Å². The van der Waals surface area contributed by atoms with Gasteiger partial charge in [-0.15, -0.1) is 0 Å². The van der Waals surface area contributed by atoms with Crippen molar-refractivity contribution in [2.24, 2.45) is 4.99 Å². The van der Waals surface area contributed by atoms with Crippen molar-refractivity contribution >= 4 is 22.5 Å². The second-order valence-electron chi connectivity index (χ2n) is 4.10. The maximum atomic E-state index is 4.60. The molecule has 17 heavy (non-hydrogen) atoms. The molecule has 0 radical (unpaired) electrons. The molecule has 0 aliphatic carbocycles. The first kappa shape index (κ1) is 10.6. The molecule has 1 atom stereocenters. The number of thioether (sulfide) groups is 1. The summed E-state index contributed by atoms with van der Waals surface area (Å²) in [6.07, 6.45) is 0. The van der Waals surface area contributed by atoms with Crippen LogP contribution < -0.4 is 0 Å². The Morgan fingerprint density at radius 1 is 0.941 bits per heavy atom.